The first kappa shape index (κ1) is 14.6. The summed E-state index contributed by atoms with van der Waals surface area (Å²) in [7, 11) is 1.74. The molecule has 2 heteroatoms. The van der Waals surface area contributed by atoms with E-state index in [1.807, 2.05) is 0 Å². The number of methoxy groups -OCH3 is 1. The predicted molar refractivity (Wildman–Crippen MR) is 88.0 cm³/mol. The number of fused-ring (bicyclic) bond motifs is 1. The number of ether oxygens (including phenoxy) is 1. The number of halogens is 1. The van der Waals surface area contributed by atoms with Crippen LogP contribution in [0, 0.1) is 5.92 Å². The molecule has 1 aliphatic carbocycles. The van der Waals surface area contributed by atoms with E-state index in [2.05, 4.69) is 48.5 Å². The Morgan fingerprint density at radius 3 is 2.24 bits per heavy atom. The molecule has 0 heterocycles. The topological polar surface area (TPSA) is 9.23 Å². The van der Waals surface area contributed by atoms with E-state index in [9.17, 15) is 0 Å². The van der Waals surface area contributed by atoms with Crippen LogP contribution in [-0.4, -0.2) is 13.7 Å². The number of rotatable bonds is 5. The molecule has 1 aliphatic rings. The number of hydrogen-bond donors (Lipinski definition) is 0. The molecular formula is C19H21ClO. The highest BCUT2D eigenvalue weighted by atomic mass is 35.5. The number of hydrogen-bond acceptors (Lipinski definition) is 1. The smallest absolute Gasteiger partial charge is 0.0619 e. The van der Waals surface area contributed by atoms with Gasteiger partial charge in [0.25, 0.3) is 0 Å². The number of alkyl halides is 1. The van der Waals surface area contributed by atoms with Gasteiger partial charge in [-0.05, 0) is 47.4 Å². The lowest BCUT2D eigenvalue weighted by Crippen LogP contribution is -2.08. The van der Waals surface area contributed by atoms with Crippen LogP contribution in [0.25, 0.3) is 0 Å². The van der Waals surface area contributed by atoms with Gasteiger partial charge in [0.05, 0.1) is 12.0 Å². The molecule has 0 bridgehead atoms. The molecule has 3 rings (SSSR count). The molecule has 21 heavy (non-hydrogen) atoms. The molecule has 1 nitrogen and oxygen atoms in total. The third-order valence-electron chi connectivity index (χ3n) is 4.39. The summed E-state index contributed by atoms with van der Waals surface area (Å²) in [5, 5.41) is 0.0916. The lowest BCUT2D eigenvalue weighted by atomic mass is 9.95. The Kier molecular flexibility index (Phi) is 4.62. The van der Waals surface area contributed by atoms with Gasteiger partial charge >= 0.3 is 0 Å². The largest absolute Gasteiger partial charge is 0.384 e. The van der Waals surface area contributed by atoms with Crippen molar-refractivity contribution in [2.75, 3.05) is 13.7 Å². The molecule has 1 atom stereocenters. The van der Waals surface area contributed by atoms with Gasteiger partial charge in [0.1, 0.15) is 0 Å². The Morgan fingerprint density at radius 1 is 1.05 bits per heavy atom. The van der Waals surface area contributed by atoms with Crippen molar-refractivity contribution in [1.29, 1.82) is 0 Å². The fraction of sp³-hybridized carbons (Fsp3) is 0.368. The summed E-state index contributed by atoms with van der Waals surface area (Å²) in [4.78, 5) is 0. The third-order valence-corrected chi connectivity index (χ3v) is 5.00. The van der Waals surface area contributed by atoms with E-state index in [0.29, 0.717) is 5.92 Å². The summed E-state index contributed by atoms with van der Waals surface area (Å²) in [6.45, 7) is 0.765. The molecule has 0 saturated heterocycles. The minimum atomic E-state index is 0.0916. The molecule has 0 aromatic heterocycles. The molecule has 0 radical (unpaired) electrons. The summed E-state index contributed by atoms with van der Waals surface area (Å²) in [6, 6.07) is 17.4. The van der Waals surface area contributed by atoms with Crippen molar-refractivity contribution in [3.05, 3.63) is 70.8 Å². The van der Waals surface area contributed by atoms with Crippen molar-refractivity contribution >= 4 is 11.6 Å². The Hall–Kier alpha value is -1.31. The van der Waals surface area contributed by atoms with Gasteiger partial charge in [0, 0.05) is 7.11 Å². The first-order valence-electron chi connectivity index (χ1n) is 7.56. The zero-order valence-electron chi connectivity index (χ0n) is 12.4. The van der Waals surface area contributed by atoms with E-state index in [4.69, 9.17) is 16.3 Å². The fourth-order valence-electron chi connectivity index (χ4n) is 3.16. The molecule has 0 fully saturated rings. The van der Waals surface area contributed by atoms with Crippen molar-refractivity contribution in [3.63, 3.8) is 0 Å². The first-order chi connectivity index (χ1) is 10.3. The lowest BCUT2D eigenvalue weighted by Gasteiger charge is -2.17. The van der Waals surface area contributed by atoms with Gasteiger partial charge in [-0.1, -0.05) is 48.5 Å². The van der Waals surface area contributed by atoms with Crippen LogP contribution in [0.1, 0.15) is 27.6 Å². The van der Waals surface area contributed by atoms with Crippen LogP contribution in [-0.2, 0) is 24.0 Å². The van der Waals surface area contributed by atoms with E-state index < -0.39 is 0 Å². The van der Waals surface area contributed by atoms with E-state index in [0.717, 1.165) is 25.9 Å². The van der Waals surface area contributed by atoms with E-state index in [-0.39, 0.29) is 5.38 Å². The summed E-state index contributed by atoms with van der Waals surface area (Å²) < 4.78 is 5.11. The van der Waals surface area contributed by atoms with Crippen molar-refractivity contribution < 1.29 is 4.74 Å². The van der Waals surface area contributed by atoms with Gasteiger partial charge in [-0.3, -0.25) is 0 Å². The highest BCUT2D eigenvalue weighted by Gasteiger charge is 2.28. The van der Waals surface area contributed by atoms with Crippen LogP contribution in [0.5, 0.6) is 0 Å². The molecule has 2 aromatic rings. The SMILES string of the molecule is COCCc1ccc(C(Cl)C2Cc3ccccc3C2)cc1. The summed E-state index contributed by atoms with van der Waals surface area (Å²) >= 11 is 6.73. The normalized spacial score (nSPS) is 15.9. The van der Waals surface area contributed by atoms with Crippen molar-refractivity contribution in [2.24, 2.45) is 5.92 Å². The maximum Gasteiger partial charge on any atom is 0.0619 e. The highest BCUT2D eigenvalue weighted by molar-refractivity contribution is 6.21. The Bertz CT molecular complexity index is 566. The lowest BCUT2D eigenvalue weighted by molar-refractivity contribution is 0.202. The number of benzene rings is 2. The average molecular weight is 301 g/mol. The Balaban J connectivity index is 1.67. The quantitative estimate of drug-likeness (QED) is 0.735. The molecule has 110 valence electrons. The van der Waals surface area contributed by atoms with Gasteiger partial charge < -0.3 is 4.74 Å². The predicted octanol–water partition coefficient (Wildman–Crippen LogP) is 4.57. The molecule has 1 unspecified atom stereocenters. The summed E-state index contributed by atoms with van der Waals surface area (Å²) in [5.41, 5.74) is 5.46. The van der Waals surface area contributed by atoms with Gasteiger partial charge in [-0.15, -0.1) is 11.6 Å². The van der Waals surface area contributed by atoms with Gasteiger partial charge in [0.15, 0.2) is 0 Å². The van der Waals surface area contributed by atoms with Gasteiger partial charge in [0.2, 0.25) is 0 Å². The molecule has 0 amide bonds. The maximum absolute atomic E-state index is 6.73. The van der Waals surface area contributed by atoms with E-state index >= 15 is 0 Å². The van der Waals surface area contributed by atoms with Crippen LogP contribution < -0.4 is 0 Å². The van der Waals surface area contributed by atoms with Crippen molar-refractivity contribution in [3.8, 4) is 0 Å². The Morgan fingerprint density at radius 2 is 1.67 bits per heavy atom. The minimum Gasteiger partial charge on any atom is -0.384 e. The molecular weight excluding hydrogens is 280 g/mol. The third kappa shape index (κ3) is 3.30. The zero-order chi connectivity index (χ0) is 14.7. The molecule has 0 aliphatic heterocycles. The Labute approximate surface area is 131 Å². The highest BCUT2D eigenvalue weighted by Crippen LogP contribution is 2.39. The van der Waals surface area contributed by atoms with Crippen molar-refractivity contribution in [1.82, 2.24) is 0 Å². The van der Waals surface area contributed by atoms with Crippen LogP contribution >= 0.6 is 11.6 Å². The molecule has 0 N–H and O–H groups in total. The fourth-order valence-corrected chi connectivity index (χ4v) is 3.48. The van der Waals surface area contributed by atoms with Gasteiger partial charge in [-0.25, -0.2) is 0 Å². The van der Waals surface area contributed by atoms with Crippen LogP contribution in [0.3, 0.4) is 0 Å². The average Bonchev–Trinajstić information content (AvgIpc) is 2.96. The van der Waals surface area contributed by atoms with Crippen LogP contribution in [0.15, 0.2) is 48.5 Å². The minimum absolute atomic E-state index is 0.0916. The molecule has 0 saturated carbocycles. The van der Waals surface area contributed by atoms with Gasteiger partial charge in [-0.2, -0.15) is 0 Å². The van der Waals surface area contributed by atoms with Crippen molar-refractivity contribution in [2.45, 2.75) is 24.6 Å². The first-order valence-corrected chi connectivity index (χ1v) is 8.00. The zero-order valence-corrected chi connectivity index (χ0v) is 13.1. The van der Waals surface area contributed by atoms with Crippen LogP contribution in [0.2, 0.25) is 0 Å². The second-order valence-electron chi connectivity index (χ2n) is 5.82. The molecule has 2 aromatic carbocycles. The van der Waals surface area contributed by atoms with E-state index in [1.165, 1.54) is 22.3 Å². The second-order valence-corrected chi connectivity index (χ2v) is 6.29. The monoisotopic (exact) mass is 300 g/mol. The van der Waals surface area contributed by atoms with Crippen LogP contribution in [0.4, 0.5) is 0 Å². The standard InChI is InChI=1S/C19H21ClO/c1-21-11-10-14-6-8-15(9-7-14)19(20)18-12-16-4-2-3-5-17(16)13-18/h2-9,18-19H,10-13H2,1H3. The summed E-state index contributed by atoms with van der Waals surface area (Å²) in [6.07, 6.45) is 3.14. The molecule has 0 spiro atoms. The van der Waals surface area contributed by atoms with E-state index in [1.54, 1.807) is 7.11 Å². The second kappa shape index (κ2) is 6.64. The summed E-state index contributed by atoms with van der Waals surface area (Å²) in [5.74, 6) is 0.508. The maximum atomic E-state index is 6.73.